The Morgan fingerprint density at radius 1 is 1.30 bits per heavy atom. The maximum Gasteiger partial charge on any atom is 0.0680 e. The number of hydrogen-bond acceptors (Lipinski definition) is 5. The van der Waals surface area contributed by atoms with Gasteiger partial charge in [-0.3, -0.25) is 9.88 Å². The van der Waals surface area contributed by atoms with Crippen molar-refractivity contribution in [3.8, 4) is 0 Å². The van der Waals surface area contributed by atoms with Gasteiger partial charge in [-0.1, -0.05) is 6.07 Å². The second-order valence-corrected chi connectivity index (χ2v) is 8.66. The van der Waals surface area contributed by atoms with Crippen molar-refractivity contribution in [3.63, 3.8) is 0 Å². The van der Waals surface area contributed by atoms with Crippen LogP contribution in [0.5, 0.6) is 0 Å². The van der Waals surface area contributed by atoms with Crippen LogP contribution in [0.15, 0.2) is 24.4 Å². The molecule has 5 heteroatoms. The van der Waals surface area contributed by atoms with E-state index in [9.17, 15) is 0 Å². The first-order chi connectivity index (χ1) is 11.3. The van der Waals surface area contributed by atoms with Crippen LogP contribution in [0.1, 0.15) is 25.0 Å². The van der Waals surface area contributed by atoms with Crippen LogP contribution in [-0.2, 0) is 16.0 Å². The first-order valence-corrected chi connectivity index (χ1v) is 9.75. The molecule has 0 radical (unpaired) electrons. The van der Waals surface area contributed by atoms with Crippen LogP contribution in [0.2, 0.25) is 0 Å². The molecule has 1 spiro atoms. The molecule has 4 nitrogen and oxygen atoms in total. The van der Waals surface area contributed by atoms with Crippen LogP contribution in [0, 0.1) is 5.92 Å². The molecule has 3 fully saturated rings. The van der Waals surface area contributed by atoms with Gasteiger partial charge in [0, 0.05) is 56.2 Å². The lowest BCUT2D eigenvalue weighted by molar-refractivity contribution is -0.0134. The van der Waals surface area contributed by atoms with Gasteiger partial charge in [-0.2, -0.15) is 0 Å². The Kier molecular flexibility index (Phi) is 4.90. The van der Waals surface area contributed by atoms with E-state index in [1.165, 1.54) is 43.8 Å². The van der Waals surface area contributed by atoms with Crippen molar-refractivity contribution >= 4 is 11.8 Å². The SMILES string of the molecule is c1ccc(CN2CC3(CC(OCC4CCOCC4)CS3)C2)nc1. The van der Waals surface area contributed by atoms with Crippen molar-refractivity contribution in [2.24, 2.45) is 5.92 Å². The van der Waals surface area contributed by atoms with Gasteiger partial charge in [-0.05, 0) is 37.3 Å². The lowest BCUT2D eigenvalue weighted by Gasteiger charge is -2.47. The molecule has 0 aromatic carbocycles. The second-order valence-electron chi connectivity index (χ2n) is 7.18. The fourth-order valence-corrected chi connectivity index (χ4v) is 5.52. The van der Waals surface area contributed by atoms with E-state index in [-0.39, 0.29) is 0 Å². The Morgan fingerprint density at radius 3 is 2.96 bits per heavy atom. The largest absolute Gasteiger partial charge is 0.381 e. The van der Waals surface area contributed by atoms with Gasteiger partial charge in [0.1, 0.15) is 0 Å². The van der Waals surface area contributed by atoms with Gasteiger partial charge < -0.3 is 9.47 Å². The number of pyridine rings is 1. The summed E-state index contributed by atoms with van der Waals surface area (Å²) in [4.78, 5) is 6.94. The summed E-state index contributed by atoms with van der Waals surface area (Å²) in [5, 5.41) is 0. The van der Waals surface area contributed by atoms with E-state index in [0.29, 0.717) is 16.8 Å². The lowest BCUT2D eigenvalue weighted by atomic mass is 9.92. The van der Waals surface area contributed by atoms with E-state index in [4.69, 9.17) is 9.47 Å². The number of nitrogens with zero attached hydrogens (tertiary/aromatic N) is 2. The van der Waals surface area contributed by atoms with E-state index < -0.39 is 0 Å². The molecule has 1 aromatic heterocycles. The molecule has 0 N–H and O–H groups in total. The first kappa shape index (κ1) is 15.9. The minimum absolute atomic E-state index is 0.453. The molecule has 0 bridgehead atoms. The molecule has 1 aromatic rings. The van der Waals surface area contributed by atoms with Crippen molar-refractivity contribution in [1.82, 2.24) is 9.88 Å². The van der Waals surface area contributed by atoms with E-state index in [1.54, 1.807) is 0 Å². The number of ether oxygens (including phenoxy) is 2. The van der Waals surface area contributed by atoms with Crippen molar-refractivity contribution in [2.45, 2.75) is 36.7 Å². The predicted molar refractivity (Wildman–Crippen MR) is 92.6 cm³/mol. The molecule has 1 unspecified atom stereocenters. The molecule has 3 saturated heterocycles. The Bertz CT molecular complexity index is 501. The predicted octanol–water partition coefficient (Wildman–Crippen LogP) is 2.58. The topological polar surface area (TPSA) is 34.6 Å². The maximum absolute atomic E-state index is 6.22. The quantitative estimate of drug-likeness (QED) is 0.827. The normalized spacial score (nSPS) is 28.1. The molecule has 4 heterocycles. The molecule has 4 rings (SSSR count). The molecule has 126 valence electrons. The number of rotatable bonds is 5. The molecular weight excluding hydrogens is 308 g/mol. The third-order valence-electron chi connectivity index (χ3n) is 5.22. The highest BCUT2D eigenvalue weighted by Gasteiger charge is 2.49. The molecule has 0 amide bonds. The summed E-state index contributed by atoms with van der Waals surface area (Å²) in [7, 11) is 0. The second kappa shape index (κ2) is 7.09. The van der Waals surface area contributed by atoms with Gasteiger partial charge >= 0.3 is 0 Å². The first-order valence-electron chi connectivity index (χ1n) is 8.77. The highest BCUT2D eigenvalue weighted by atomic mass is 32.2. The third-order valence-corrected chi connectivity index (χ3v) is 6.79. The van der Waals surface area contributed by atoms with Crippen LogP contribution in [0.4, 0.5) is 0 Å². The lowest BCUT2D eigenvalue weighted by Crippen LogP contribution is -2.58. The molecule has 3 aliphatic rings. The summed E-state index contributed by atoms with van der Waals surface area (Å²) in [6.45, 7) is 6.12. The molecule has 23 heavy (non-hydrogen) atoms. The Hall–Kier alpha value is -0.620. The standard InChI is InChI=1S/C18H26N2O2S/c1-2-6-19-16(3-1)10-20-13-18(14-20)9-17(12-23-18)22-11-15-4-7-21-8-5-15/h1-3,6,15,17H,4-5,7-14H2. The minimum atomic E-state index is 0.453. The van der Waals surface area contributed by atoms with Crippen molar-refractivity contribution in [2.75, 3.05) is 38.7 Å². The van der Waals surface area contributed by atoms with E-state index in [1.807, 2.05) is 12.3 Å². The summed E-state index contributed by atoms with van der Waals surface area (Å²) in [6.07, 6.45) is 5.90. The number of likely N-dealkylation sites (tertiary alicyclic amines) is 1. The fourth-order valence-electron chi connectivity index (χ4n) is 3.92. The van der Waals surface area contributed by atoms with Crippen LogP contribution in [0.25, 0.3) is 0 Å². The Labute approximate surface area is 142 Å². The molecule has 1 atom stereocenters. The number of aromatic nitrogens is 1. The summed E-state index contributed by atoms with van der Waals surface area (Å²) >= 11 is 2.13. The summed E-state index contributed by atoms with van der Waals surface area (Å²) in [6, 6.07) is 6.17. The van der Waals surface area contributed by atoms with Gasteiger partial charge in [-0.15, -0.1) is 11.8 Å². The number of thioether (sulfide) groups is 1. The average Bonchev–Trinajstić information content (AvgIpc) is 2.99. The van der Waals surface area contributed by atoms with Gasteiger partial charge in [0.25, 0.3) is 0 Å². The molecule has 3 aliphatic heterocycles. The zero-order chi connectivity index (χ0) is 15.5. The van der Waals surface area contributed by atoms with E-state index >= 15 is 0 Å². The highest BCUT2D eigenvalue weighted by Crippen LogP contribution is 2.46. The minimum Gasteiger partial charge on any atom is -0.381 e. The average molecular weight is 334 g/mol. The van der Waals surface area contributed by atoms with Gasteiger partial charge in [0.2, 0.25) is 0 Å². The monoisotopic (exact) mass is 334 g/mol. The van der Waals surface area contributed by atoms with Crippen LogP contribution in [0.3, 0.4) is 0 Å². The van der Waals surface area contributed by atoms with Crippen molar-refractivity contribution in [3.05, 3.63) is 30.1 Å². The third kappa shape index (κ3) is 3.90. The highest BCUT2D eigenvalue weighted by molar-refractivity contribution is 8.01. The van der Waals surface area contributed by atoms with Gasteiger partial charge in [0.05, 0.1) is 11.8 Å². The summed E-state index contributed by atoms with van der Waals surface area (Å²) in [5.74, 6) is 1.88. The zero-order valence-electron chi connectivity index (χ0n) is 13.7. The van der Waals surface area contributed by atoms with Crippen molar-refractivity contribution in [1.29, 1.82) is 0 Å². The van der Waals surface area contributed by atoms with Gasteiger partial charge in [-0.25, -0.2) is 0 Å². The Balaban J connectivity index is 1.19. The summed E-state index contributed by atoms with van der Waals surface area (Å²) in [5.41, 5.74) is 1.18. The summed E-state index contributed by atoms with van der Waals surface area (Å²) < 4.78 is 12.1. The molecule has 0 saturated carbocycles. The number of hydrogen-bond donors (Lipinski definition) is 0. The zero-order valence-corrected chi connectivity index (χ0v) is 14.5. The Morgan fingerprint density at radius 2 is 2.17 bits per heavy atom. The smallest absolute Gasteiger partial charge is 0.0680 e. The van der Waals surface area contributed by atoms with E-state index in [2.05, 4.69) is 33.8 Å². The fraction of sp³-hybridized carbons (Fsp3) is 0.722. The maximum atomic E-state index is 6.22. The van der Waals surface area contributed by atoms with Crippen LogP contribution in [-0.4, -0.2) is 59.4 Å². The van der Waals surface area contributed by atoms with Crippen LogP contribution < -0.4 is 0 Å². The van der Waals surface area contributed by atoms with Crippen LogP contribution >= 0.6 is 11.8 Å². The molecule has 0 aliphatic carbocycles. The van der Waals surface area contributed by atoms with Gasteiger partial charge in [0.15, 0.2) is 0 Å². The van der Waals surface area contributed by atoms with E-state index in [0.717, 1.165) is 26.4 Å². The molecular formula is C18H26N2O2S. The van der Waals surface area contributed by atoms with Crippen molar-refractivity contribution < 1.29 is 9.47 Å².